The second kappa shape index (κ2) is 12.8. The molecule has 9 nitrogen and oxygen atoms in total. The molecular weight excluding hydrogens is 594 g/mol. The molecule has 1 aliphatic heterocycles. The van der Waals surface area contributed by atoms with E-state index in [0.29, 0.717) is 69.7 Å². The lowest BCUT2D eigenvalue weighted by atomic mass is 9.92. The molecule has 3 heterocycles. The van der Waals surface area contributed by atoms with Crippen molar-refractivity contribution in [3.63, 3.8) is 0 Å². The lowest BCUT2D eigenvalue weighted by molar-refractivity contribution is -0.388. The highest BCUT2D eigenvalue weighted by Crippen LogP contribution is 2.38. The molecule has 0 atom stereocenters. The van der Waals surface area contributed by atoms with E-state index < -0.39 is 34.2 Å². The fourth-order valence-corrected chi connectivity index (χ4v) is 5.49. The van der Waals surface area contributed by atoms with Crippen LogP contribution in [-0.4, -0.2) is 58.1 Å². The summed E-state index contributed by atoms with van der Waals surface area (Å²) in [6.45, 7) is 3.26. The number of rotatable bonds is 8. The minimum Gasteiger partial charge on any atom is -0.490 e. The first-order valence-electron chi connectivity index (χ1n) is 14.1. The van der Waals surface area contributed by atoms with Crippen LogP contribution in [0.5, 0.6) is 5.75 Å². The monoisotopic (exact) mass is 624 g/mol. The van der Waals surface area contributed by atoms with Crippen LogP contribution in [0, 0.1) is 10.1 Å². The van der Waals surface area contributed by atoms with Crippen molar-refractivity contribution in [2.45, 2.75) is 56.7 Å². The maximum atomic E-state index is 13.3. The molecule has 44 heavy (non-hydrogen) atoms. The summed E-state index contributed by atoms with van der Waals surface area (Å²) in [5.74, 6) is 1.42. The van der Waals surface area contributed by atoms with E-state index in [2.05, 4.69) is 25.1 Å². The number of aromatic nitrogens is 2. The number of nitrogens with zero attached hydrogens (tertiary/aromatic N) is 5. The zero-order valence-corrected chi connectivity index (χ0v) is 23.4. The zero-order chi connectivity index (χ0) is 31.5. The number of ether oxygens (including phenoxy) is 1. The van der Waals surface area contributed by atoms with Crippen molar-refractivity contribution in [2.75, 3.05) is 36.4 Å². The van der Waals surface area contributed by atoms with Crippen LogP contribution in [0.2, 0.25) is 0 Å². The second-order valence-electron chi connectivity index (χ2n) is 10.9. The number of halogens is 6. The van der Waals surface area contributed by atoms with Crippen molar-refractivity contribution in [1.29, 1.82) is 0 Å². The minimum atomic E-state index is -4.84. The fraction of sp³-hybridized carbons (Fsp3) is 0.448. The van der Waals surface area contributed by atoms with E-state index in [1.54, 1.807) is 12.3 Å². The maximum absolute atomic E-state index is 13.3. The Hall–Kier alpha value is -4.14. The topological polar surface area (TPSA) is 96.7 Å². The van der Waals surface area contributed by atoms with Crippen LogP contribution < -0.4 is 15.0 Å². The van der Waals surface area contributed by atoms with Gasteiger partial charge < -0.3 is 15.0 Å². The SMILES string of the molecule is O=[N+]([O-])c1ccc(N[C@H]2CC[C@H](Oc3ccnc(N4CCN(Cc5ccc(C(F)(F)F)nc5)CC4)c3)CC2)cc1C(F)(F)F. The number of nitro groups is 1. The van der Waals surface area contributed by atoms with Crippen molar-refractivity contribution in [1.82, 2.24) is 14.9 Å². The van der Waals surface area contributed by atoms with Gasteiger partial charge in [0.1, 0.15) is 22.8 Å². The van der Waals surface area contributed by atoms with Gasteiger partial charge in [0.2, 0.25) is 0 Å². The number of pyridine rings is 2. The number of alkyl halides is 6. The third kappa shape index (κ3) is 7.87. The van der Waals surface area contributed by atoms with Crippen LogP contribution in [-0.2, 0) is 18.9 Å². The van der Waals surface area contributed by atoms with Gasteiger partial charge in [0.05, 0.1) is 11.0 Å². The van der Waals surface area contributed by atoms with Crippen molar-refractivity contribution in [3.8, 4) is 5.75 Å². The first-order chi connectivity index (χ1) is 20.8. The predicted octanol–water partition coefficient (Wildman–Crippen LogP) is 6.55. The van der Waals surface area contributed by atoms with Crippen LogP contribution in [0.25, 0.3) is 0 Å². The van der Waals surface area contributed by atoms with E-state index >= 15 is 0 Å². The molecule has 5 rings (SSSR count). The number of nitrogens with one attached hydrogen (secondary N) is 1. The van der Waals surface area contributed by atoms with E-state index in [1.165, 1.54) is 18.3 Å². The smallest absolute Gasteiger partial charge is 0.433 e. The number of nitro benzene ring substituents is 1. The van der Waals surface area contributed by atoms with Crippen molar-refractivity contribution < 1.29 is 36.0 Å². The average molecular weight is 625 g/mol. The number of benzene rings is 1. The molecule has 0 unspecified atom stereocenters. The van der Waals surface area contributed by atoms with Crippen LogP contribution >= 0.6 is 0 Å². The molecule has 2 fully saturated rings. The molecule has 0 bridgehead atoms. The van der Waals surface area contributed by atoms with Crippen molar-refractivity contribution in [3.05, 3.63) is 81.8 Å². The Morgan fingerprint density at radius 1 is 0.909 bits per heavy atom. The highest BCUT2D eigenvalue weighted by atomic mass is 19.4. The predicted molar refractivity (Wildman–Crippen MR) is 149 cm³/mol. The van der Waals surface area contributed by atoms with Crippen LogP contribution in [0.3, 0.4) is 0 Å². The summed E-state index contributed by atoms with van der Waals surface area (Å²) in [7, 11) is 0. The molecule has 1 aromatic carbocycles. The zero-order valence-electron chi connectivity index (χ0n) is 23.4. The van der Waals surface area contributed by atoms with Gasteiger partial charge in [0.15, 0.2) is 0 Å². The Morgan fingerprint density at radius 3 is 2.25 bits per heavy atom. The lowest BCUT2D eigenvalue weighted by Crippen LogP contribution is -2.46. The molecule has 1 N–H and O–H groups in total. The molecular formula is C29H30F6N6O3. The Morgan fingerprint density at radius 2 is 1.64 bits per heavy atom. The Bertz CT molecular complexity index is 1440. The molecule has 1 aliphatic carbocycles. The first kappa shape index (κ1) is 31.3. The summed E-state index contributed by atoms with van der Waals surface area (Å²) >= 11 is 0. The fourth-order valence-electron chi connectivity index (χ4n) is 5.49. The molecule has 2 aliphatic rings. The highest BCUT2D eigenvalue weighted by Gasteiger charge is 2.38. The maximum Gasteiger partial charge on any atom is 0.433 e. The number of piperazine rings is 1. The van der Waals surface area contributed by atoms with Crippen molar-refractivity contribution >= 4 is 17.2 Å². The van der Waals surface area contributed by atoms with Crippen molar-refractivity contribution in [2.24, 2.45) is 0 Å². The van der Waals surface area contributed by atoms with E-state index in [4.69, 9.17) is 4.74 Å². The summed E-state index contributed by atoms with van der Waals surface area (Å²) in [5, 5.41) is 14.1. The molecule has 0 spiro atoms. The summed E-state index contributed by atoms with van der Waals surface area (Å²) < 4.78 is 84.5. The molecule has 1 saturated heterocycles. The molecule has 15 heteroatoms. The van der Waals surface area contributed by atoms with Gasteiger partial charge in [0, 0.05) is 69.0 Å². The summed E-state index contributed by atoms with van der Waals surface area (Å²) in [6.07, 6.45) is -3.80. The van der Waals surface area contributed by atoms with E-state index in [-0.39, 0.29) is 17.8 Å². The van der Waals surface area contributed by atoms with Gasteiger partial charge in [-0.2, -0.15) is 26.3 Å². The quantitative estimate of drug-likeness (QED) is 0.171. The average Bonchev–Trinajstić information content (AvgIpc) is 2.98. The molecule has 2 aromatic heterocycles. The Labute approximate surface area is 249 Å². The van der Waals surface area contributed by atoms with Gasteiger partial charge in [-0.05, 0) is 55.5 Å². The lowest BCUT2D eigenvalue weighted by Gasteiger charge is -2.35. The second-order valence-corrected chi connectivity index (χ2v) is 10.9. The van der Waals surface area contributed by atoms with Gasteiger partial charge in [-0.3, -0.25) is 20.0 Å². The van der Waals surface area contributed by atoms with E-state index in [1.807, 2.05) is 6.07 Å². The normalized spacial score (nSPS) is 19.9. The summed E-state index contributed by atoms with van der Waals surface area (Å²) in [5.41, 5.74) is -2.27. The Kier molecular flexibility index (Phi) is 9.13. The first-order valence-corrected chi connectivity index (χ1v) is 14.1. The van der Waals surface area contributed by atoms with Gasteiger partial charge in [-0.15, -0.1) is 0 Å². The van der Waals surface area contributed by atoms with E-state index in [0.717, 1.165) is 24.0 Å². The minimum absolute atomic E-state index is 0.0833. The Balaban J connectivity index is 1.09. The molecule has 1 saturated carbocycles. The number of hydrogen-bond donors (Lipinski definition) is 1. The number of anilines is 2. The summed E-state index contributed by atoms with van der Waals surface area (Å²) in [4.78, 5) is 22.2. The third-order valence-electron chi connectivity index (χ3n) is 7.78. The van der Waals surface area contributed by atoms with Gasteiger partial charge in [-0.1, -0.05) is 6.07 Å². The van der Waals surface area contributed by atoms with Gasteiger partial charge >= 0.3 is 12.4 Å². The van der Waals surface area contributed by atoms with Crippen LogP contribution in [0.4, 0.5) is 43.5 Å². The third-order valence-corrected chi connectivity index (χ3v) is 7.78. The summed E-state index contributed by atoms with van der Waals surface area (Å²) in [6, 6.07) is 8.94. The number of hydrogen-bond acceptors (Lipinski definition) is 8. The molecule has 3 aromatic rings. The van der Waals surface area contributed by atoms with Gasteiger partial charge in [0.25, 0.3) is 5.69 Å². The standard InChI is InChI=1S/C29H30F6N6O3/c30-28(31,32)24-15-21(4-7-25(24)41(42)43)38-20-2-5-22(6-3-20)44-23-9-10-36-27(16-23)40-13-11-39(12-14-40)18-19-1-8-26(37-17-19)29(33,34)35/h1,4,7-10,15-17,20,22,38H,2-3,5-6,11-14,18H2/t20-,22-. The molecule has 236 valence electrons. The molecule has 0 amide bonds. The van der Waals surface area contributed by atoms with Crippen LogP contribution in [0.15, 0.2) is 54.9 Å². The molecule has 0 radical (unpaired) electrons. The highest BCUT2D eigenvalue weighted by molar-refractivity contribution is 5.55. The van der Waals surface area contributed by atoms with Gasteiger partial charge in [-0.25, -0.2) is 4.98 Å². The van der Waals surface area contributed by atoms with E-state index in [9.17, 15) is 36.5 Å². The van der Waals surface area contributed by atoms with Crippen LogP contribution in [0.1, 0.15) is 42.5 Å². The largest absolute Gasteiger partial charge is 0.490 e.